The van der Waals surface area contributed by atoms with Crippen molar-refractivity contribution in [2.45, 2.75) is 31.3 Å². The average Bonchev–Trinajstić information content (AvgIpc) is 2.88. The summed E-state index contributed by atoms with van der Waals surface area (Å²) < 4.78 is 0.873. The Morgan fingerprint density at radius 3 is 3.18 bits per heavy atom. The van der Waals surface area contributed by atoms with Gasteiger partial charge in [0.2, 0.25) is 5.28 Å². The van der Waals surface area contributed by atoms with Gasteiger partial charge in [0.1, 0.15) is 5.82 Å². The monoisotopic (exact) mass is 316 g/mol. The second kappa shape index (κ2) is 4.71. The van der Waals surface area contributed by atoms with Crippen LogP contribution in [0.5, 0.6) is 0 Å². The van der Waals surface area contributed by atoms with Crippen LogP contribution in [0.4, 0.5) is 5.82 Å². The summed E-state index contributed by atoms with van der Waals surface area (Å²) in [4.78, 5) is 10.7. The number of aromatic nitrogens is 2. The standard InChI is InChI=1S/C11H14BrClN4/c12-7-6-14-11(13)16-10(7)15-8-3-5-17-4-1-2-9(8)17/h6,8-9H,1-5H2,(H,14,15,16). The van der Waals surface area contributed by atoms with E-state index in [1.165, 1.54) is 32.4 Å². The van der Waals surface area contributed by atoms with E-state index >= 15 is 0 Å². The van der Waals surface area contributed by atoms with Crippen LogP contribution in [0, 0.1) is 0 Å². The van der Waals surface area contributed by atoms with Gasteiger partial charge >= 0.3 is 0 Å². The minimum Gasteiger partial charge on any atom is -0.365 e. The van der Waals surface area contributed by atoms with Crippen LogP contribution in [0.3, 0.4) is 0 Å². The molecule has 6 heteroatoms. The van der Waals surface area contributed by atoms with Crippen molar-refractivity contribution in [1.82, 2.24) is 14.9 Å². The molecule has 2 atom stereocenters. The Balaban J connectivity index is 1.76. The third-order valence-corrected chi connectivity index (χ3v) is 4.41. The lowest BCUT2D eigenvalue weighted by atomic mass is 10.1. The summed E-state index contributed by atoms with van der Waals surface area (Å²) in [5.74, 6) is 0.809. The summed E-state index contributed by atoms with van der Waals surface area (Å²) in [5.41, 5.74) is 0. The van der Waals surface area contributed by atoms with E-state index in [4.69, 9.17) is 11.6 Å². The SMILES string of the molecule is Clc1ncc(Br)c(NC2CCN3CCCC23)n1. The molecule has 2 saturated heterocycles. The lowest BCUT2D eigenvalue weighted by Crippen LogP contribution is -2.34. The van der Waals surface area contributed by atoms with Gasteiger partial charge in [0.15, 0.2) is 0 Å². The summed E-state index contributed by atoms with van der Waals surface area (Å²) >= 11 is 9.27. The average molecular weight is 318 g/mol. The molecule has 0 amide bonds. The molecule has 1 aromatic rings. The normalized spacial score (nSPS) is 28.4. The van der Waals surface area contributed by atoms with Crippen LogP contribution in [0.2, 0.25) is 5.28 Å². The van der Waals surface area contributed by atoms with Gasteiger partial charge < -0.3 is 5.32 Å². The van der Waals surface area contributed by atoms with Gasteiger partial charge in [-0.2, -0.15) is 4.98 Å². The van der Waals surface area contributed by atoms with Crippen LogP contribution in [0.1, 0.15) is 19.3 Å². The minimum atomic E-state index is 0.289. The molecule has 17 heavy (non-hydrogen) atoms. The Kier molecular flexibility index (Phi) is 3.23. The Labute approximate surface area is 114 Å². The number of fused-ring (bicyclic) bond motifs is 1. The fourth-order valence-corrected chi connectivity index (χ4v) is 3.31. The molecule has 2 fully saturated rings. The zero-order valence-corrected chi connectivity index (χ0v) is 11.7. The number of nitrogens with one attached hydrogen (secondary N) is 1. The van der Waals surface area contributed by atoms with Crippen molar-refractivity contribution in [3.05, 3.63) is 16.0 Å². The highest BCUT2D eigenvalue weighted by Gasteiger charge is 2.37. The van der Waals surface area contributed by atoms with Gasteiger partial charge in [-0.25, -0.2) is 4.98 Å². The number of rotatable bonds is 2. The van der Waals surface area contributed by atoms with Crippen molar-refractivity contribution in [3.8, 4) is 0 Å². The van der Waals surface area contributed by atoms with Crippen LogP contribution < -0.4 is 5.32 Å². The zero-order valence-electron chi connectivity index (χ0n) is 9.37. The van der Waals surface area contributed by atoms with Crippen LogP contribution in [-0.2, 0) is 0 Å². The maximum Gasteiger partial charge on any atom is 0.224 e. The third-order valence-electron chi connectivity index (χ3n) is 3.64. The van der Waals surface area contributed by atoms with E-state index in [-0.39, 0.29) is 5.28 Å². The number of halogens is 2. The molecule has 0 radical (unpaired) electrons. The fraction of sp³-hybridized carbons (Fsp3) is 0.636. The maximum atomic E-state index is 5.82. The second-order valence-corrected chi connectivity index (χ2v) is 5.81. The van der Waals surface area contributed by atoms with Gasteiger partial charge in [0.05, 0.1) is 4.47 Å². The quantitative estimate of drug-likeness (QED) is 0.851. The maximum absolute atomic E-state index is 5.82. The minimum absolute atomic E-state index is 0.289. The summed E-state index contributed by atoms with van der Waals surface area (Å²) in [6, 6.07) is 1.15. The second-order valence-electron chi connectivity index (χ2n) is 4.62. The third kappa shape index (κ3) is 2.28. The lowest BCUT2D eigenvalue weighted by Gasteiger charge is -2.22. The Morgan fingerprint density at radius 2 is 2.29 bits per heavy atom. The lowest BCUT2D eigenvalue weighted by molar-refractivity contribution is 0.318. The largest absolute Gasteiger partial charge is 0.365 e. The molecular weight excluding hydrogens is 304 g/mol. The molecular formula is C11H14BrClN4. The number of anilines is 1. The molecule has 0 saturated carbocycles. The van der Waals surface area contributed by atoms with Crippen molar-refractivity contribution in [3.63, 3.8) is 0 Å². The fourth-order valence-electron chi connectivity index (χ4n) is 2.87. The van der Waals surface area contributed by atoms with Gasteiger partial charge in [0, 0.05) is 24.8 Å². The summed E-state index contributed by atoms with van der Waals surface area (Å²) in [5, 5.41) is 3.79. The van der Waals surface area contributed by atoms with Gasteiger partial charge in [-0.15, -0.1) is 0 Å². The van der Waals surface area contributed by atoms with Gasteiger partial charge in [-0.1, -0.05) is 0 Å². The highest BCUT2D eigenvalue weighted by atomic mass is 79.9. The molecule has 3 heterocycles. The molecule has 2 aliphatic rings. The van der Waals surface area contributed by atoms with Gasteiger partial charge in [-0.3, -0.25) is 4.90 Å². The molecule has 4 nitrogen and oxygen atoms in total. The first-order valence-corrected chi connectivity index (χ1v) is 7.10. The molecule has 2 aliphatic heterocycles. The number of hydrogen-bond donors (Lipinski definition) is 1. The molecule has 0 aliphatic carbocycles. The predicted molar refractivity (Wildman–Crippen MR) is 71.4 cm³/mol. The number of nitrogens with zero attached hydrogens (tertiary/aromatic N) is 3. The zero-order chi connectivity index (χ0) is 11.8. The van der Waals surface area contributed by atoms with E-state index in [9.17, 15) is 0 Å². The topological polar surface area (TPSA) is 41.1 Å². The van der Waals surface area contributed by atoms with E-state index in [2.05, 4.69) is 36.1 Å². The van der Waals surface area contributed by atoms with Crippen LogP contribution in [0.25, 0.3) is 0 Å². The Bertz CT molecular complexity index is 428. The summed E-state index contributed by atoms with van der Waals surface area (Å²) in [6.07, 6.45) is 5.47. The molecule has 1 aromatic heterocycles. The molecule has 0 aromatic carbocycles. The van der Waals surface area contributed by atoms with Crippen LogP contribution in [0.15, 0.2) is 10.7 Å². The molecule has 0 bridgehead atoms. The Morgan fingerprint density at radius 1 is 1.41 bits per heavy atom. The highest BCUT2D eigenvalue weighted by Crippen LogP contribution is 2.31. The van der Waals surface area contributed by atoms with Crippen molar-refractivity contribution in [2.24, 2.45) is 0 Å². The van der Waals surface area contributed by atoms with Crippen molar-refractivity contribution >= 4 is 33.3 Å². The highest BCUT2D eigenvalue weighted by molar-refractivity contribution is 9.10. The van der Waals surface area contributed by atoms with Gasteiger partial charge in [0.25, 0.3) is 0 Å². The summed E-state index contributed by atoms with van der Waals surface area (Å²) in [7, 11) is 0. The molecule has 2 unspecified atom stereocenters. The first-order valence-electron chi connectivity index (χ1n) is 5.92. The van der Waals surface area contributed by atoms with E-state index in [1.807, 2.05) is 0 Å². The first-order chi connectivity index (χ1) is 8.24. The van der Waals surface area contributed by atoms with Crippen molar-refractivity contribution < 1.29 is 0 Å². The van der Waals surface area contributed by atoms with Crippen molar-refractivity contribution in [2.75, 3.05) is 18.4 Å². The Hall–Kier alpha value is -0.390. The molecule has 92 valence electrons. The van der Waals surface area contributed by atoms with E-state index in [1.54, 1.807) is 6.20 Å². The molecule has 1 N–H and O–H groups in total. The molecule has 3 rings (SSSR count). The van der Waals surface area contributed by atoms with Crippen molar-refractivity contribution in [1.29, 1.82) is 0 Å². The van der Waals surface area contributed by atoms with E-state index in [0.29, 0.717) is 12.1 Å². The van der Waals surface area contributed by atoms with Gasteiger partial charge in [-0.05, 0) is 53.3 Å². The first kappa shape index (κ1) is 11.7. The number of hydrogen-bond acceptors (Lipinski definition) is 4. The predicted octanol–water partition coefficient (Wildman–Crippen LogP) is 2.54. The van der Waals surface area contributed by atoms with Crippen LogP contribution in [-0.4, -0.2) is 40.0 Å². The van der Waals surface area contributed by atoms with Crippen LogP contribution >= 0.6 is 27.5 Å². The van der Waals surface area contributed by atoms with E-state index in [0.717, 1.165) is 10.3 Å². The smallest absolute Gasteiger partial charge is 0.224 e. The molecule has 0 spiro atoms. The van der Waals surface area contributed by atoms with E-state index < -0.39 is 0 Å². The summed E-state index contributed by atoms with van der Waals surface area (Å²) in [6.45, 7) is 2.44.